The lowest BCUT2D eigenvalue weighted by Crippen LogP contribution is -2.35. The fourth-order valence-electron chi connectivity index (χ4n) is 2.86. The van der Waals surface area contributed by atoms with Crippen LogP contribution in [0.1, 0.15) is 78.3 Å². The van der Waals surface area contributed by atoms with E-state index in [1.54, 1.807) is 0 Å². The Bertz CT molecular complexity index is 426. The van der Waals surface area contributed by atoms with Gasteiger partial charge in [-0.1, -0.05) is 34.1 Å². The molecule has 0 saturated heterocycles. The zero-order valence-corrected chi connectivity index (χ0v) is 15.2. The number of rotatable bonds is 8. The molecule has 1 atom stereocenters. The van der Waals surface area contributed by atoms with Gasteiger partial charge in [-0.05, 0) is 46.0 Å². The molecule has 1 heterocycles. The van der Waals surface area contributed by atoms with Gasteiger partial charge in [-0.3, -0.25) is 4.68 Å². The molecule has 0 bridgehead atoms. The monoisotopic (exact) mass is 293 g/mol. The van der Waals surface area contributed by atoms with E-state index < -0.39 is 0 Å². The Morgan fingerprint density at radius 2 is 1.81 bits per heavy atom. The average Bonchev–Trinajstić information content (AvgIpc) is 2.72. The molecular weight excluding hydrogens is 258 g/mol. The summed E-state index contributed by atoms with van der Waals surface area (Å²) in [4.78, 5) is 0. The van der Waals surface area contributed by atoms with Crippen LogP contribution in [0.2, 0.25) is 0 Å². The van der Waals surface area contributed by atoms with Crippen molar-refractivity contribution in [2.45, 2.75) is 92.8 Å². The Labute approximate surface area is 131 Å². The summed E-state index contributed by atoms with van der Waals surface area (Å²) in [5, 5.41) is 8.53. The number of nitrogens with zero attached hydrogens (tertiary/aromatic N) is 2. The van der Waals surface area contributed by atoms with Crippen LogP contribution in [0.15, 0.2) is 0 Å². The Balaban J connectivity index is 2.97. The molecule has 0 fully saturated rings. The van der Waals surface area contributed by atoms with Crippen LogP contribution in [0.5, 0.6) is 0 Å². The van der Waals surface area contributed by atoms with Gasteiger partial charge in [-0.2, -0.15) is 5.10 Å². The molecule has 0 aliphatic carbocycles. The number of aryl methyl sites for hydroxylation is 1. The Morgan fingerprint density at radius 1 is 1.14 bits per heavy atom. The fraction of sp³-hybridized carbons (Fsp3) is 0.833. The van der Waals surface area contributed by atoms with Crippen LogP contribution in [-0.2, 0) is 25.9 Å². The summed E-state index contributed by atoms with van der Waals surface area (Å²) in [5.41, 5.74) is 4.27. The van der Waals surface area contributed by atoms with Crippen LogP contribution in [0.25, 0.3) is 0 Å². The number of hydrogen-bond donors (Lipinski definition) is 1. The van der Waals surface area contributed by atoms with E-state index in [0.717, 1.165) is 25.9 Å². The Morgan fingerprint density at radius 3 is 2.29 bits per heavy atom. The Kier molecular flexibility index (Phi) is 6.92. The first-order valence-corrected chi connectivity index (χ1v) is 8.64. The zero-order valence-electron chi connectivity index (χ0n) is 15.2. The molecule has 1 unspecified atom stereocenters. The highest BCUT2D eigenvalue weighted by atomic mass is 15.3. The van der Waals surface area contributed by atoms with E-state index in [0.29, 0.717) is 5.92 Å². The minimum Gasteiger partial charge on any atom is -0.308 e. The highest BCUT2D eigenvalue weighted by molar-refractivity contribution is 5.27. The van der Waals surface area contributed by atoms with Gasteiger partial charge < -0.3 is 5.32 Å². The van der Waals surface area contributed by atoms with Gasteiger partial charge in [0.1, 0.15) is 0 Å². The molecule has 21 heavy (non-hydrogen) atoms. The summed E-state index contributed by atoms with van der Waals surface area (Å²) in [6, 6.07) is 0. The summed E-state index contributed by atoms with van der Waals surface area (Å²) in [6.45, 7) is 17.7. The van der Waals surface area contributed by atoms with Crippen molar-refractivity contribution in [3.8, 4) is 0 Å². The first kappa shape index (κ1) is 18.2. The van der Waals surface area contributed by atoms with Crippen molar-refractivity contribution < 1.29 is 0 Å². The van der Waals surface area contributed by atoms with Crippen LogP contribution in [-0.4, -0.2) is 15.3 Å². The quantitative estimate of drug-likeness (QED) is 0.773. The molecule has 1 aromatic rings. The molecule has 1 aromatic heterocycles. The summed E-state index contributed by atoms with van der Waals surface area (Å²) < 4.78 is 2.28. The minimum absolute atomic E-state index is 0.146. The maximum absolute atomic E-state index is 4.90. The van der Waals surface area contributed by atoms with Gasteiger partial charge in [0.05, 0.1) is 5.69 Å². The van der Waals surface area contributed by atoms with E-state index >= 15 is 0 Å². The third-order valence-corrected chi connectivity index (χ3v) is 3.98. The van der Waals surface area contributed by atoms with Gasteiger partial charge in [-0.25, -0.2) is 0 Å². The molecule has 3 heteroatoms. The van der Waals surface area contributed by atoms with Gasteiger partial charge >= 0.3 is 0 Å². The van der Waals surface area contributed by atoms with E-state index in [1.165, 1.54) is 29.8 Å². The van der Waals surface area contributed by atoms with Crippen molar-refractivity contribution in [2.75, 3.05) is 0 Å². The highest BCUT2D eigenvalue weighted by Crippen LogP contribution is 2.20. The molecule has 0 spiro atoms. The van der Waals surface area contributed by atoms with E-state index in [1.807, 2.05) is 0 Å². The summed E-state index contributed by atoms with van der Waals surface area (Å²) >= 11 is 0. The summed E-state index contributed by atoms with van der Waals surface area (Å²) in [5.74, 6) is 0.702. The van der Waals surface area contributed by atoms with Gasteiger partial charge in [-0.15, -0.1) is 0 Å². The smallest absolute Gasteiger partial charge is 0.0669 e. The van der Waals surface area contributed by atoms with Gasteiger partial charge in [0.2, 0.25) is 0 Å². The van der Waals surface area contributed by atoms with Gasteiger partial charge in [0.15, 0.2) is 0 Å². The molecular formula is C18H35N3. The molecule has 0 radical (unpaired) electrons. The third kappa shape index (κ3) is 5.46. The number of nitrogens with one attached hydrogen (secondary N) is 1. The van der Waals surface area contributed by atoms with Crippen molar-refractivity contribution >= 4 is 0 Å². The van der Waals surface area contributed by atoms with Crippen LogP contribution < -0.4 is 5.32 Å². The Hall–Kier alpha value is -0.830. The topological polar surface area (TPSA) is 29.9 Å². The highest BCUT2D eigenvalue weighted by Gasteiger charge is 2.18. The predicted octanol–water partition coefficient (Wildman–Crippen LogP) is 4.33. The average molecular weight is 293 g/mol. The van der Waals surface area contributed by atoms with E-state index in [4.69, 9.17) is 5.10 Å². The fourth-order valence-corrected chi connectivity index (χ4v) is 2.86. The molecule has 1 N–H and O–H groups in total. The third-order valence-electron chi connectivity index (χ3n) is 3.98. The molecule has 0 aromatic carbocycles. The molecule has 122 valence electrons. The lowest BCUT2D eigenvalue weighted by Gasteiger charge is -2.21. The molecule has 0 saturated carbocycles. The van der Waals surface area contributed by atoms with E-state index in [9.17, 15) is 0 Å². The van der Waals surface area contributed by atoms with E-state index in [2.05, 4.69) is 58.5 Å². The second-order valence-electron chi connectivity index (χ2n) is 7.26. The van der Waals surface area contributed by atoms with Crippen LogP contribution in [0.4, 0.5) is 0 Å². The number of aromatic nitrogens is 2. The molecule has 3 nitrogen and oxygen atoms in total. The lowest BCUT2D eigenvalue weighted by atomic mass is 10.0. The molecule has 1 rings (SSSR count). The second-order valence-corrected chi connectivity index (χ2v) is 7.26. The van der Waals surface area contributed by atoms with Gasteiger partial charge in [0.25, 0.3) is 0 Å². The first-order chi connectivity index (χ1) is 9.82. The molecule has 0 amide bonds. The summed E-state index contributed by atoms with van der Waals surface area (Å²) in [7, 11) is 0. The zero-order chi connectivity index (χ0) is 16.0. The maximum Gasteiger partial charge on any atom is 0.0669 e. The van der Waals surface area contributed by atoms with Crippen molar-refractivity contribution in [1.29, 1.82) is 0 Å². The molecule has 0 aliphatic rings. The summed E-state index contributed by atoms with van der Waals surface area (Å²) in [6.07, 6.45) is 4.61. The van der Waals surface area contributed by atoms with Crippen molar-refractivity contribution in [2.24, 2.45) is 5.92 Å². The van der Waals surface area contributed by atoms with Crippen LogP contribution in [0.3, 0.4) is 0 Å². The predicted molar refractivity (Wildman–Crippen MR) is 91.6 cm³/mol. The maximum atomic E-state index is 4.90. The normalized spacial score (nSPS) is 13.7. The second kappa shape index (κ2) is 7.98. The minimum atomic E-state index is 0.146. The van der Waals surface area contributed by atoms with Crippen molar-refractivity contribution in [3.05, 3.63) is 17.0 Å². The van der Waals surface area contributed by atoms with Gasteiger partial charge in [0, 0.05) is 29.9 Å². The standard InChI is InChI=1S/C18H35N3/c1-8-11-14(4)13-21-17(10-3)15(16(9-2)20-21)12-19-18(5,6)7/h14,19H,8-13H2,1-7H3. The SMILES string of the molecule is CCCC(C)Cn1nc(CC)c(CNC(C)(C)C)c1CC. The van der Waals surface area contributed by atoms with Crippen LogP contribution in [0, 0.1) is 5.92 Å². The van der Waals surface area contributed by atoms with Crippen LogP contribution >= 0.6 is 0 Å². The largest absolute Gasteiger partial charge is 0.308 e. The van der Waals surface area contributed by atoms with Crippen molar-refractivity contribution in [3.63, 3.8) is 0 Å². The molecule has 0 aliphatic heterocycles. The van der Waals surface area contributed by atoms with Crippen molar-refractivity contribution in [1.82, 2.24) is 15.1 Å². The van der Waals surface area contributed by atoms with E-state index in [-0.39, 0.29) is 5.54 Å². The lowest BCUT2D eigenvalue weighted by molar-refractivity contribution is 0.407. The first-order valence-electron chi connectivity index (χ1n) is 8.64. The number of hydrogen-bond acceptors (Lipinski definition) is 2.